The van der Waals surface area contributed by atoms with Crippen molar-refractivity contribution in [2.75, 3.05) is 0 Å². The van der Waals surface area contributed by atoms with Gasteiger partial charge in [-0.3, -0.25) is 0 Å². The van der Waals surface area contributed by atoms with Gasteiger partial charge >= 0.3 is 101 Å². The molecule has 1 rings (SSSR count). The van der Waals surface area contributed by atoms with Crippen molar-refractivity contribution in [2.45, 2.75) is 18.7 Å². The topological polar surface area (TPSA) is 34.1 Å². The fourth-order valence-corrected chi connectivity index (χ4v) is 6.48. The van der Waals surface area contributed by atoms with E-state index < -0.39 is 22.1 Å². The molecule has 0 N–H and O–H groups in total. The van der Waals surface area contributed by atoms with Crippen molar-refractivity contribution in [3.05, 3.63) is 39.8 Å². The van der Waals surface area contributed by atoms with E-state index in [1.807, 2.05) is 0 Å². The van der Waals surface area contributed by atoms with E-state index in [0.29, 0.717) is 9.93 Å². The van der Waals surface area contributed by atoms with E-state index in [1.54, 1.807) is 44.2 Å². The van der Waals surface area contributed by atoms with Crippen LogP contribution in [-0.2, 0) is 8.26 Å². The van der Waals surface area contributed by atoms with Gasteiger partial charge in [-0.2, -0.15) is 0 Å². The second kappa shape index (κ2) is 5.17. The van der Waals surface area contributed by atoms with E-state index in [2.05, 4.69) is 0 Å². The molecule has 1 aromatic rings. The summed E-state index contributed by atoms with van der Waals surface area (Å²) in [5.41, 5.74) is 0. The molecule has 15 heavy (non-hydrogen) atoms. The van der Waals surface area contributed by atoms with Gasteiger partial charge in [0.25, 0.3) is 0 Å². The third-order valence-electron chi connectivity index (χ3n) is 1.75. The van der Waals surface area contributed by atoms with Crippen LogP contribution in [-0.4, -0.2) is 22.3 Å². The maximum absolute atomic E-state index is 11.9. The van der Waals surface area contributed by atoms with Crippen molar-refractivity contribution in [2.24, 2.45) is 0 Å². The maximum atomic E-state index is 11.9. The third-order valence-corrected chi connectivity index (χ3v) is 8.42. The average molecular weight is 310 g/mol. The Hall–Kier alpha value is -0.281. The van der Waals surface area contributed by atoms with E-state index in [4.69, 9.17) is 11.6 Å². The number of rotatable bonds is 3. The van der Waals surface area contributed by atoms with Crippen LogP contribution >= 0.6 is 11.6 Å². The zero-order valence-corrected chi connectivity index (χ0v) is 11.7. The van der Waals surface area contributed by atoms with Crippen molar-refractivity contribution in [3.63, 3.8) is 0 Å². The second-order valence-electron chi connectivity index (χ2n) is 2.94. The molecule has 0 unspecified atom stereocenters. The standard InChI is InChI=1S/C10H11ClO2SSe/c1-8(11)9(2)15-14(12,13)10-6-4-3-5-7-10/h3-7H,1-2H3/b9-8+. The Balaban J connectivity index is 3.02. The molecular formula is C10H11ClO2SSe. The van der Waals surface area contributed by atoms with Crippen molar-refractivity contribution in [1.82, 2.24) is 0 Å². The molecular weight excluding hydrogens is 299 g/mol. The van der Waals surface area contributed by atoms with Gasteiger partial charge in [0.05, 0.1) is 0 Å². The summed E-state index contributed by atoms with van der Waals surface area (Å²) in [4.78, 5) is 0.363. The molecule has 0 spiro atoms. The van der Waals surface area contributed by atoms with Crippen molar-refractivity contribution in [3.8, 4) is 0 Å². The molecule has 0 heterocycles. The van der Waals surface area contributed by atoms with Gasteiger partial charge in [-0.05, 0) is 0 Å². The minimum absolute atomic E-state index is 0.363. The summed E-state index contributed by atoms with van der Waals surface area (Å²) in [6.07, 6.45) is 0. The summed E-state index contributed by atoms with van der Waals surface area (Å²) in [6, 6.07) is 8.44. The normalized spacial score (nSPS) is 13.5. The third kappa shape index (κ3) is 3.65. The zero-order valence-electron chi connectivity index (χ0n) is 8.40. The predicted octanol–water partition coefficient (Wildman–Crippen LogP) is 2.57. The van der Waals surface area contributed by atoms with Crippen LogP contribution in [0.15, 0.2) is 44.7 Å². The van der Waals surface area contributed by atoms with Crippen molar-refractivity contribution < 1.29 is 8.42 Å². The van der Waals surface area contributed by atoms with Crippen LogP contribution in [0.1, 0.15) is 13.8 Å². The van der Waals surface area contributed by atoms with Crippen molar-refractivity contribution >= 4 is 33.7 Å². The quantitative estimate of drug-likeness (QED) is 0.804. The van der Waals surface area contributed by atoms with Crippen LogP contribution in [0.3, 0.4) is 0 Å². The summed E-state index contributed by atoms with van der Waals surface area (Å²) >= 11 is 5.13. The number of allylic oxidation sites excluding steroid dienone is 2. The molecule has 0 amide bonds. The predicted molar refractivity (Wildman–Crippen MR) is 63.6 cm³/mol. The van der Waals surface area contributed by atoms with Gasteiger partial charge in [0.2, 0.25) is 0 Å². The summed E-state index contributed by atoms with van der Waals surface area (Å²) in [5, 5.41) is 0.564. The first kappa shape index (κ1) is 12.8. The van der Waals surface area contributed by atoms with Gasteiger partial charge in [0, 0.05) is 0 Å². The van der Waals surface area contributed by atoms with Gasteiger partial charge in [0.15, 0.2) is 0 Å². The first-order chi connectivity index (χ1) is 6.93. The molecule has 0 aliphatic heterocycles. The summed E-state index contributed by atoms with van der Waals surface area (Å²) < 4.78 is 24.5. The van der Waals surface area contributed by atoms with Crippen LogP contribution in [0.4, 0.5) is 0 Å². The Bertz CT molecular complexity index is 461. The van der Waals surface area contributed by atoms with E-state index in [-0.39, 0.29) is 0 Å². The molecule has 0 atom stereocenters. The van der Waals surface area contributed by atoms with Crippen molar-refractivity contribution in [1.29, 1.82) is 0 Å². The van der Waals surface area contributed by atoms with Crippen LogP contribution in [0.25, 0.3) is 0 Å². The summed E-state index contributed by atoms with van der Waals surface area (Å²) in [6.45, 7) is 3.46. The molecule has 0 saturated carbocycles. The average Bonchev–Trinajstić information content (AvgIpc) is 2.18. The van der Waals surface area contributed by atoms with E-state index in [0.717, 1.165) is 4.47 Å². The SMILES string of the molecule is C/C(Cl)=C(/C)[Se]S(=O)(=O)c1ccccc1. The van der Waals surface area contributed by atoms with E-state index in [1.165, 1.54) is 0 Å². The van der Waals surface area contributed by atoms with Gasteiger partial charge in [-0.25, -0.2) is 0 Å². The molecule has 0 bridgehead atoms. The number of halogens is 1. The molecule has 0 saturated heterocycles. The fourth-order valence-electron chi connectivity index (χ4n) is 0.857. The van der Waals surface area contributed by atoms with Gasteiger partial charge in [0.1, 0.15) is 0 Å². The van der Waals surface area contributed by atoms with Gasteiger partial charge in [-0.15, -0.1) is 0 Å². The monoisotopic (exact) mass is 310 g/mol. The number of hydrogen-bond acceptors (Lipinski definition) is 2. The van der Waals surface area contributed by atoms with Crippen LogP contribution in [0, 0.1) is 0 Å². The van der Waals surface area contributed by atoms with Crippen LogP contribution in [0.2, 0.25) is 0 Å². The molecule has 0 aromatic heterocycles. The Morgan fingerprint density at radius 3 is 2.20 bits per heavy atom. The van der Waals surface area contributed by atoms with Gasteiger partial charge < -0.3 is 0 Å². The number of hydrogen-bond donors (Lipinski definition) is 0. The molecule has 1 aromatic carbocycles. The summed E-state index contributed by atoms with van der Waals surface area (Å²) in [5.74, 6) is 0. The minimum atomic E-state index is -3.18. The summed E-state index contributed by atoms with van der Waals surface area (Å²) in [7, 11) is -3.18. The van der Waals surface area contributed by atoms with Crippen LogP contribution in [0.5, 0.6) is 0 Å². The van der Waals surface area contributed by atoms with E-state index in [9.17, 15) is 8.42 Å². The first-order valence-electron chi connectivity index (χ1n) is 4.26. The Labute approximate surface area is 100 Å². The second-order valence-corrected chi connectivity index (χ2v) is 10.1. The molecule has 0 radical (unpaired) electrons. The molecule has 82 valence electrons. The Morgan fingerprint density at radius 1 is 1.20 bits per heavy atom. The molecule has 0 fully saturated rings. The van der Waals surface area contributed by atoms with E-state index >= 15 is 0 Å². The first-order valence-corrected chi connectivity index (χ1v) is 9.00. The molecule has 0 aliphatic carbocycles. The van der Waals surface area contributed by atoms with Gasteiger partial charge in [-0.1, -0.05) is 0 Å². The van der Waals surface area contributed by atoms with Crippen LogP contribution < -0.4 is 0 Å². The molecule has 5 heteroatoms. The molecule has 2 nitrogen and oxygen atoms in total. The Kier molecular flexibility index (Phi) is 4.41. The number of benzene rings is 1. The molecule has 0 aliphatic rings. The fraction of sp³-hybridized carbons (Fsp3) is 0.200. The zero-order chi connectivity index (χ0) is 11.5. The Morgan fingerprint density at radius 2 is 1.73 bits per heavy atom.